The lowest BCUT2D eigenvalue weighted by atomic mass is 10.1. The Labute approximate surface area is 118 Å². The third kappa shape index (κ3) is 2.58. The first-order chi connectivity index (χ1) is 8.95. The maximum absolute atomic E-state index is 6.11. The molecule has 2 heterocycles. The molecule has 1 unspecified atom stereocenters. The number of nitrogens with two attached hydrogens (primary N) is 1. The largest absolute Gasteiger partial charge is 0.383 e. The van der Waals surface area contributed by atoms with E-state index in [-0.39, 0.29) is 6.10 Å². The molecule has 0 spiro atoms. The minimum atomic E-state index is -0.0978. The standard InChI is InChI=1S/C14H21N3OS/c1-6-18-11(7(2)3)13-16-12(15)10-8(4)9(5)19-14(10)17-13/h7,11H,6H2,1-5H3,(H2,15,16,17). The van der Waals surface area contributed by atoms with Crippen LogP contribution >= 0.6 is 11.3 Å². The van der Waals surface area contributed by atoms with Gasteiger partial charge in [0.25, 0.3) is 0 Å². The van der Waals surface area contributed by atoms with Gasteiger partial charge in [0, 0.05) is 11.5 Å². The van der Waals surface area contributed by atoms with Crippen molar-refractivity contribution in [2.24, 2.45) is 5.92 Å². The highest BCUT2D eigenvalue weighted by molar-refractivity contribution is 7.18. The van der Waals surface area contributed by atoms with Crippen LogP contribution in [0.25, 0.3) is 10.2 Å². The summed E-state index contributed by atoms with van der Waals surface area (Å²) in [5.74, 6) is 1.58. The van der Waals surface area contributed by atoms with Gasteiger partial charge in [-0.15, -0.1) is 11.3 Å². The molecule has 0 aliphatic carbocycles. The molecule has 4 nitrogen and oxygen atoms in total. The van der Waals surface area contributed by atoms with Crippen molar-refractivity contribution in [3.63, 3.8) is 0 Å². The molecule has 0 aliphatic rings. The molecule has 0 aromatic carbocycles. The normalized spacial score (nSPS) is 13.4. The lowest BCUT2D eigenvalue weighted by Crippen LogP contribution is -2.15. The number of ether oxygens (including phenoxy) is 1. The van der Waals surface area contributed by atoms with Gasteiger partial charge in [0.2, 0.25) is 0 Å². The van der Waals surface area contributed by atoms with Gasteiger partial charge in [-0.3, -0.25) is 0 Å². The number of aromatic nitrogens is 2. The molecule has 0 aliphatic heterocycles. The molecule has 0 saturated carbocycles. The molecule has 2 rings (SSSR count). The van der Waals surface area contributed by atoms with E-state index < -0.39 is 0 Å². The molecule has 5 heteroatoms. The summed E-state index contributed by atoms with van der Waals surface area (Å²) in [6.07, 6.45) is -0.0978. The Balaban J connectivity index is 2.56. The van der Waals surface area contributed by atoms with Crippen molar-refractivity contribution in [2.75, 3.05) is 12.3 Å². The molecule has 104 valence electrons. The van der Waals surface area contributed by atoms with Crippen LogP contribution in [0.1, 0.15) is 43.1 Å². The second-order valence-corrected chi connectivity index (χ2v) is 6.25. The number of fused-ring (bicyclic) bond motifs is 1. The summed E-state index contributed by atoms with van der Waals surface area (Å²) in [5.41, 5.74) is 7.29. The monoisotopic (exact) mass is 279 g/mol. The van der Waals surface area contributed by atoms with E-state index in [1.54, 1.807) is 11.3 Å². The number of thiophene rings is 1. The zero-order chi connectivity index (χ0) is 14.2. The molecule has 0 fully saturated rings. The summed E-state index contributed by atoms with van der Waals surface area (Å²) >= 11 is 1.67. The molecule has 2 aromatic heterocycles. The molecule has 0 bridgehead atoms. The summed E-state index contributed by atoms with van der Waals surface area (Å²) in [6.45, 7) is 11.0. The first kappa shape index (κ1) is 14.2. The van der Waals surface area contributed by atoms with E-state index in [0.717, 1.165) is 10.2 Å². The van der Waals surface area contributed by atoms with Gasteiger partial charge in [-0.1, -0.05) is 13.8 Å². The van der Waals surface area contributed by atoms with E-state index in [2.05, 4.69) is 37.7 Å². The number of rotatable bonds is 4. The van der Waals surface area contributed by atoms with Crippen LogP contribution in [0.4, 0.5) is 5.82 Å². The molecule has 1 atom stereocenters. The number of hydrogen-bond donors (Lipinski definition) is 1. The van der Waals surface area contributed by atoms with Crippen LogP contribution in [0.15, 0.2) is 0 Å². The summed E-state index contributed by atoms with van der Waals surface area (Å²) in [4.78, 5) is 11.3. The van der Waals surface area contributed by atoms with Gasteiger partial charge in [-0.2, -0.15) is 0 Å². The van der Waals surface area contributed by atoms with E-state index in [1.165, 1.54) is 10.4 Å². The molecule has 0 saturated heterocycles. The fourth-order valence-corrected chi connectivity index (χ4v) is 3.21. The average molecular weight is 279 g/mol. The molecular weight excluding hydrogens is 258 g/mol. The first-order valence-electron chi connectivity index (χ1n) is 6.60. The van der Waals surface area contributed by atoms with E-state index in [4.69, 9.17) is 10.5 Å². The quantitative estimate of drug-likeness (QED) is 0.928. The Kier molecular flexibility index (Phi) is 4.06. The van der Waals surface area contributed by atoms with Crippen molar-refractivity contribution < 1.29 is 4.74 Å². The fourth-order valence-electron chi connectivity index (χ4n) is 2.17. The van der Waals surface area contributed by atoms with Gasteiger partial charge >= 0.3 is 0 Å². The highest BCUT2D eigenvalue weighted by Crippen LogP contribution is 2.34. The number of nitrogen functional groups attached to an aromatic ring is 1. The Morgan fingerprint density at radius 2 is 1.95 bits per heavy atom. The van der Waals surface area contributed by atoms with Crippen LogP contribution in [-0.2, 0) is 4.74 Å². The predicted octanol–water partition coefficient (Wildman–Crippen LogP) is 3.62. The van der Waals surface area contributed by atoms with Crippen molar-refractivity contribution in [3.8, 4) is 0 Å². The number of aryl methyl sites for hydroxylation is 2. The number of anilines is 1. The predicted molar refractivity (Wildman–Crippen MR) is 80.5 cm³/mol. The van der Waals surface area contributed by atoms with Crippen molar-refractivity contribution in [2.45, 2.75) is 40.7 Å². The maximum atomic E-state index is 6.11. The maximum Gasteiger partial charge on any atom is 0.161 e. The smallest absolute Gasteiger partial charge is 0.161 e. The summed E-state index contributed by atoms with van der Waals surface area (Å²) in [7, 11) is 0. The van der Waals surface area contributed by atoms with E-state index in [0.29, 0.717) is 24.2 Å². The Morgan fingerprint density at radius 1 is 1.26 bits per heavy atom. The molecule has 19 heavy (non-hydrogen) atoms. The summed E-state index contributed by atoms with van der Waals surface area (Å²) < 4.78 is 5.75. The Hall–Kier alpha value is -1.20. The van der Waals surface area contributed by atoms with Gasteiger partial charge in [-0.25, -0.2) is 9.97 Å². The second kappa shape index (κ2) is 5.43. The van der Waals surface area contributed by atoms with Crippen LogP contribution in [0.3, 0.4) is 0 Å². The minimum absolute atomic E-state index is 0.0978. The SMILES string of the molecule is CCOC(c1nc(N)c2c(C)c(C)sc2n1)C(C)C. The molecular formula is C14H21N3OS. The summed E-state index contributed by atoms with van der Waals surface area (Å²) in [5, 5.41) is 0.991. The van der Waals surface area contributed by atoms with Crippen molar-refractivity contribution in [1.82, 2.24) is 9.97 Å². The van der Waals surface area contributed by atoms with E-state index >= 15 is 0 Å². The first-order valence-corrected chi connectivity index (χ1v) is 7.42. The van der Waals surface area contributed by atoms with Gasteiger partial charge in [-0.05, 0) is 32.3 Å². The molecule has 0 amide bonds. The van der Waals surface area contributed by atoms with Gasteiger partial charge < -0.3 is 10.5 Å². The van der Waals surface area contributed by atoms with Crippen molar-refractivity contribution in [3.05, 3.63) is 16.3 Å². The van der Waals surface area contributed by atoms with Gasteiger partial charge in [0.1, 0.15) is 16.8 Å². The van der Waals surface area contributed by atoms with Crippen molar-refractivity contribution >= 4 is 27.4 Å². The second-order valence-electron chi connectivity index (χ2n) is 5.05. The van der Waals surface area contributed by atoms with Crippen LogP contribution in [-0.4, -0.2) is 16.6 Å². The third-order valence-corrected chi connectivity index (χ3v) is 4.38. The zero-order valence-corrected chi connectivity index (χ0v) is 13.0. The van der Waals surface area contributed by atoms with E-state index in [9.17, 15) is 0 Å². The van der Waals surface area contributed by atoms with Crippen LogP contribution in [0.2, 0.25) is 0 Å². The van der Waals surface area contributed by atoms with Gasteiger partial charge in [0.05, 0.1) is 5.39 Å². The lowest BCUT2D eigenvalue weighted by Gasteiger charge is -2.19. The van der Waals surface area contributed by atoms with Crippen LogP contribution in [0, 0.1) is 19.8 Å². The van der Waals surface area contributed by atoms with Gasteiger partial charge in [0.15, 0.2) is 5.82 Å². The molecule has 0 radical (unpaired) electrons. The van der Waals surface area contributed by atoms with Crippen molar-refractivity contribution in [1.29, 1.82) is 0 Å². The highest BCUT2D eigenvalue weighted by Gasteiger charge is 2.22. The Morgan fingerprint density at radius 3 is 2.53 bits per heavy atom. The van der Waals surface area contributed by atoms with Crippen LogP contribution < -0.4 is 5.73 Å². The number of nitrogens with zero attached hydrogens (tertiary/aromatic N) is 2. The molecule has 2 N–H and O–H groups in total. The van der Waals surface area contributed by atoms with Crippen LogP contribution in [0.5, 0.6) is 0 Å². The Bertz CT molecular complexity index is 592. The third-order valence-electron chi connectivity index (χ3n) is 3.28. The topological polar surface area (TPSA) is 61.0 Å². The van der Waals surface area contributed by atoms with E-state index in [1.807, 2.05) is 6.92 Å². The lowest BCUT2D eigenvalue weighted by molar-refractivity contribution is 0.0236. The summed E-state index contributed by atoms with van der Waals surface area (Å²) in [6, 6.07) is 0. The number of hydrogen-bond acceptors (Lipinski definition) is 5. The fraction of sp³-hybridized carbons (Fsp3) is 0.571. The zero-order valence-electron chi connectivity index (χ0n) is 12.2. The molecule has 2 aromatic rings. The average Bonchev–Trinajstić information content (AvgIpc) is 2.61. The highest BCUT2D eigenvalue weighted by atomic mass is 32.1. The minimum Gasteiger partial charge on any atom is -0.383 e.